The molecule has 0 bridgehead atoms. The maximum atomic E-state index is 5.59. The lowest BCUT2D eigenvalue weighted by molar-refractivity contribution is 0.0720. The molecule has 1 aliphatic heterocycles. The summed E-state index contributed by atoms with van der Waals surface area (Å²) in [4.78, 5) is 0. The maximum Gasteiger partial charge on any atom is 0.0629 e. The van der Waals surface area contributed by atoms with Crippen LogP contribution in [-0.4, -0.2) is 12.7 Å². The van der Waals surface area contributed by atoms with E-state index < -0.39 is 0 Å². The quantitative estimate of drug-likeness (QED) is 0.481. The molecule has 0 amide bonds. The lowest BCUT2D eigenvalue weighted by atomic mass is 10.0. The van der Waals surface area contributed by atoms with Crippen molar-refractivity contribution in [3.8, 4) is 0 Å². The summed E-state index contributed by atoms with van der Waals surface area (Å²) in [6, 6.07) is 0. The van der Waals surface area contributed by atoms with Gasteiger partial charge in [0.05, 0.1) is 6.10 Å². The first-order valence-corrected chi connectivity index (χ1v) is 3.99. The van der Waals surface area contributed by atoms with Crippen molar-refractivity contribution in [2.24, 2.45) is 11.8 Å². The zero-order chi connectivity index (χ0) is 6.27. The molecule has 52 valence electrons. The van der Waals surface area contributed by atoms with E-state index in [1.54, 1.807) is 0 Å². The van der Waals surface area contributed by atoms with Gasteiger partial charge in [0.2, 0.25) is 0 Å². The van der Waals surface area contributed by atoms with Crippen molar-refractivity contribution in [1.29, 1.82) is 0 Å². The minimum Gasteiger partial charge on any atom is -0.378 e. The Labute approximate surface area is 56.4 Å². The van der Waals surface area contributed by atoms with Crippen LogP contribution in [0.5, 0.6) is 0 Å². The van der Waals surface area contributed by atoms with Gasteiger partial charge in [0, 0.05) is 6.61 Å². The Bertz CT molecular complexity index is 111. The van der Waals surface area contributed by atoms with Crippen molar-refractivity contribution in [1.82, 2.24) is 0 Å². The topological polar surface area (TPSA) is 9.23 Å². The van der Waals surface area contributed by atoms with Crippen molar-refractivity contribution >= 4 is 0 Å². The predicted molar refractivity (Wildman–Crippen MR) is 36.2 cm³/mol. The van der Waals surface area contributed by atoms with E-state index in [1.165, 1.54) is 19.3 Å². The number of hydrogen-bond acceptors (Lipinski definition) is 1. The summed E-state index contributed by atoms with van der Waals surface area (Å²) in [6.07, 6.45) is 4.79. The summed E-state index contributed by atoms with van der Waals surface area (Å²) in [7, 11) is 0. The Balaban J connectivity index is 2.07. The van der Waals surface area contributed by atoms with Crippen LogP contribution >= 0.6 is 0 Å². The Morgan fingerprint density at radius 3 is 2.89 bits per heavy atom. The van der Waals surface area contributed by atoms with E-state index in [2.05, 4.69) is 6.92 Å². The summed E-state index contributed by atoms with van der Waals surface area (Å²) >= 11 is 0. The largest absolute Gasteiger partial charge is 0.378 e. The molecule has 2 rings (SSSR count). The first kappa shape index (κ1) is 5.72. The highest BCUT2D eigenvalue weighted by molar-refractivity contribution is 4.86. The van der Waals surface area contributed by atoms with Gasteiger partial charge in [0.25, 0.3) is 0 Å². The van der Waals surface area contributed by atoms with Crippen LogP contribution in [0, 0.1) is 11.8 Å². The van der Waals surface area contributed by atoms with Gasteiger partial charge in [-0.1, -0.05) is 6.92 Å². The molecule has 2 fully saturated rings. The summed E-state index contributed by atoms with van der Waals surface area (Å²) in [5.74, 6) is 1.78. The fraction of sp³-hybridized carbons (Fsp3) is 1.00. The number of ether oxygens (including phenoxy) is 1. The maximum absolute atomic E-state index is 5.59. The molecule has 2 aliphatic rings. The van der Waals surface area contributed by atoms with Gasteiger partial charge >= 0.3 is 0 Å². The molecule has 1 aliphatic carbocycles. The molecule has 2 unspecified atom stereocenters. The lowest BCUT2D eigenvalue weighted by Crippen LogP contribution is -2.14. The third-order valence-corrected chi connectivity index (χ3v) is 2.82. The van der Waals surface area contributed by atoms with Gasteiger partial charge in [-0.15, -0.1) is 0 Å². The standard InChI is InChI=1S/C8H14O/c1-6-2-3-7-4-5-9-8(6)7/h6-8H,2-5H2,1H3/t6?,7-,8?/m1/s1. The van der Waals surface area contributed by atoms with Crippen molar-refractivity contribution in [2.45, 2.75) is 32.3 Å². The third-order valence-electron chi connectivity index (χ3n) is 2.82. The molecular weight excluding hydrogens is 112 g/mol. The number of hydrogen-bond donors (Lipinski definition) is 0. The second-order valence-corrected chi connectivity index (χ2v) is 3.44. The van der Waals surface area contributed by atoms with Crippen LogP contribution in [0.4, 0.5) is 0 Å². The van der Waals surface area contributed by atoms with Gasteiger partial charge in [-0.05, 0) is 31.1 Å². The predicted octanol–water partition coefficient (Wildman–Crippen LogP) is 1.82. The van der Waals surface area contributed by atoms with Crippen molar-refractivity contribution in [3.63, 3.8) is 0 Å². The van der Waals surface area contributed by atoms with E-state index in [-0.39, 0.29) is 0 Å². The van der Waals surface area contributed by atoms with E-state index in [1.807, 2.05) is 0 Å². The highest BCUT2D eigenvalue weighted by Crippen LogP contribution is 2.39. The smallest absolute Gasteiger partial charge is 0.0629 e. The summed E-state index contributed by atoms with van der Waals surface area (Å²) < 4.78 is 5.59. The van der Waals surface area contributed by atoms with Gasteiger partial charge in [-0.2, -0.15) is 0 Å². The molecule has 1 heteroatoms. The fourth-order valence-electron chi connectivity index (χ4n) is 2.23. The SMILES string of the molecule is CC1CC[C@@H]2CCOC12. The molecule has 0 aromatic carbocycles. The molecule has 1 heterocycles. The van der Waals surface area contributed by atoms with Crippen molar-refractivity contribution in [2.75, 3.05) is 6.61 Å². The normalized spacial score (nSPS) is 49.7. The number of rotatable bonds is 0. The highest BCUT2D eigenvalue weighted by atomic mass is 16.5. The van der Waals surface area contributed by atoms with Crippen LogP contribution in [-0.2, 0) is 4.74 Å². The molecule has 3 atom stereocenters. The van der Waals surface area contributed by atoms with E-state index in [0.29, 0.717) is 6.10 Å². The summed E-state index contributed by atoms with van der Waals surface area (Å²) in [5, 5.41) is 0. The zero-order valence-electron chi connectivity index (χ0n) is 5.97. The average molecular weight is 126 g/mol. The third kappa shape index (κ3) is 0.787. The fourth-order valence-corrected chi connectivity index (χ4v) is 2.23. The van der Waals surface area contributed by atoms with E-state index >= 15 is 0 Å². The van der Waals surface area contributed by atoms with Crippen LogP contribution in [0.1, 0.15) is 26.2 Å². The Morgan fingerprint density at radius 2 is 2.11 bits per heavy atom. The molecule has 1 saturated heterocycles. The second kappa shape index (κ2) is 1.98. The van der Waals surface area contributed by atoms with Crippen LogP contribution in [0.15, 0.2) is 0 Å². The highest BCUT2D eigenvalue weighted by Gasteiger charge is 2.37. The van der Waals surface area contributed by atoms with Crippen LogP contribution < -0.4 is 0 Å². The number of fused-ring (bicyclic) bond motifs is 1. The molecule has 0 aromatic heterocycles. The molecule has 0 aromatic rings. The van der Waals surface area contributed by atoms with Gasteiger partial charge in [-0.3, -0.25) is 0 Å². The first-order chi connectivity index (χ1) is 4.38. The van der Waals surface area contributed by atoms with E-state index in [4.69, 9.17) is 4.74 Å². The zero-order valence-corrected chi connectivity index (χ0v) is 5.97. The van der Waals surface area contributed by atoms with Crippen LogP contribution in [0.3, 0.4) is 0 Å². The van der Waals surface area contributed by atoms with Gasteiger partial charge in [-0.25, -0.2) is 0 Å². The minimum absolute atomic E-state index is 0.644. The lowest BCUT2D eigenvalue weighted by Gasteiger charge is -2.11. The monoisotopic (exact) mass is 126 g/mol. The molecule has 1 nitrogen and oxygen atoms in total. The molecule has 1 saturated carbocycles. The first-order valence-electron chi connectivity index (χ1n) is 3.99. The van der Waals surface area contributed by atoms with Crippen LogP contribution in [0.25, 0.3) is 0 Å². The Kier molecular flexibility index (Phi) is 1.26. The van der Waals surface area contributed by atoms with Gasteiger partial charge in [0.1, 0.15) is 0 Å². The minimum atomic E-state index is 0.644. The van der Waals surface area contributed by atoms with E-state index in [9.17, 15) is 0 Å². The molecule has 0 spiro atoms. The molecule has 0 radical (unpaired) electrons. The summed E-state index contributed by atoms with van der Waals surface area (Å²) in [6.45, 7) is 3.34. The van der Waals surface area contributed by atoms with Crippen molar-refractivity contribution in [3.05, 3.63) is 0 Å². The molecular formula is C8H14O. The van der Waals surface area contributed by atoms with Crippen LogP contribution in [0.2, 0.25) is 0 Å². The molecule has 9 heavy (non-hydrogen) atoms. The Hall–Kier alpha value is -0.0400. The second-order valence-electron chi connectivity index (χ2n) is 3.44. The Morgan fingerprint density at radius 1 is 1.22 bits per heavy atom. The van der Waals surface area contributed by atoms with Gasteiger partial charge in [0.15, 0.2) is 0 Å². The average Bonchev–Trinajstić information content (AvgIpc) is 2.35. The summed E-state index contributed by atoms with van der Waals surface area (Å²) in [5.41, 5.74) is 0. The van der Waals surface area contributed by atoms with Crippen molar-refractivity contribution < 1.29 is 4.74 Å². The molecule has 0 N–H and O–H groups in total. The van der Waals surface area contributed by atoms with Gasteiger partial charge < -0.3 is 4.74 Å². The van der Waals surface area contributed by atoms with E-state index in [0.717, 1.165) is 18.4 Å².